The summed E-state index contributed by atoms with van der Waals surface area (Å²) in [5.74, 6) is 2.84. The molecule has 2 rings (SSSR count). The van der Waals surface area contributed by atoms with Crippen molar-refractivity contribution in [1.82, 2.24) is 5.32 Å². The quantitative estimate of drug-likeness (QED) is 0.496. The van der Waals surface area contributed by atoms with Crippen LogP contribution in [0.2, 0.25) is 15.1 Å². The molecule has 0 aliphatic heterocycles. The maximum atomic E-state index is 11.8. The molecule has 2 nitrogen and oxygen atoms in total. The Bertz CT molecular complexity index is 712. The molecule has 0 heterocycles. The zero-order valence-corrected chi connectivity index (χ0v) is 17.3. The highest BCUT2D eigenvalue weighted by molar-refractivity contribution is 7.99. The summed E-state index contributed by atoms with van der Waals surface area (Å²) in [6.45, 7) is 0.640. The molecule has 7 heteroatoms. The van der Waals surface area contributed by atoms with Crippen molar-refractivity contribution in [2.45, 2.75) is 11.5 Å². The molecule has 0 aliphatic carbocycles. The number of carbonyl (C=O) groups is 1. The van der Waals surface area contributed by atoms with Crippen LogP contribution in [0.25, 0.3) is 0 Å². The molecule has 2 aromatic rings. The molecule has 0 bridgehead atoms. The highest BCUT2D eigenvalue weighted by atomic mass is 35.5. The smallest absolute Gasteiger partial charge is 0.230 e. The average Bonchev–Trinajstić information content (AvgIpc) is 2.58. The van der Waals surface area contributed by atoms with E-state index in [9.17, 15) is 4.79 Å². The Morgan fingerprint density at radius 2 is 1.64 bits per heavy atom. The van der Waals surface area contributed by atoms with E-state index in [4.69, 9.17) is 34.8 Å². The molecule has 25 heavy (non-hydrogen) atoms. The van der Waals surface area contributed by atoms with Crippen molar-refractivity contribution in [3.05, 3.63) is 68.7 Å². The van der Waals surface area contributed by atoms with Crippen molar-refractivity contribution >= 4 is 64.2 Å². The van der Waals surface area contributed by atoms with Crippen LogP contribution in [-0.4, -0.2) is 24.0 Å². The predicted molar refractivity (Wildman–Crippen MR) is 113 cm³/mol. The van der Waals surface area contributed by atoms with Gasteiger partial charge in [0.15, 0.2) is 0 Å². The minimum absolute atomic E-state index is 0.0437. The van der Waals surface area contributed by atoms with E-state index in [1.165, 1.54) is 0 Å². The van der Waals surface area contributed by atoms with Gasteiger partial charge in [0, 0.05) is 38.9 Å². The van der Waals surface area contributed by atoms with Crippen LogP contribution in [0.3, 0.4) is 0 Å². The number of benzene rings is 2. The number of carbonyl (C=O) groups excluding carboxylic acids is 1. The van der Waals surface area contributed by atoms with E-state index in [2.05, 4.69) is 5.32 Å². The normalized spacial score (nSPS) is 10.7. The van der Waals surface area contributed by atoms with Crippen LogP contribution in [0.5, 0.6) is 0 Å². The van der Waals surface area contributed by atoms with Gasteiger partial charge in [0.05, 0.1) is 5.75 Å². The summed E-state index contributed by atoms with van der Waals surface area (Å²) in [6, 6.07) is 13.2. The van der Waals surface area contributed by atoms with E-state index >= 15 is 0 Å². The van der Waals surface area contributed by atoms with Gasteiger partial charge in [0.1, 0.15) is 0 Å². The van der Waals surface area contributed by atoms with Crippen molar-refractivity contribution in [2.24, 2.45) is 0 Å². The Hall–Kier alpha value is -0.520. The second kappa shape index (κ2) is 11.2. The first-order valence-corrected chi connectivity index (χ1v) is 11.1. The average molecular weight is 435 g/mol. The molecule has 1 N–H and O–H groups in total. The summed E-state index contributed by atoms with van der Waals surface area (Å²) in [4.78, 5) is 11.8. The fraction of sp³-hybridized carbons (Fsp3) is 0.278. The van der Waals surface area contributed by atoms with Crippen LogP contribution in [0.15, 0.2) is 42.5 Å². The van der Waals surface area contributed by atoms with Crippen LogP contribution < -0.4 is 5.32 Å². The lowest BCUT2D eigenvalue weighted by Gasteiger charge is -2.07. The topological polar surface area (TPSA) is 29.1 Å². The zero-order chi connectivity index (χ0) is 18.1. The van der Waals surface area contributed by atoms with Gasteiger partial charge < -0.3 is 5.32 Å². The van der Waals surface area contributed by atoms with Crippen molar-refractivity contribution < 1.29 is 4.79 Å². The summed E-state index contributed by atoms with van der Waals surface area (Å²) in [7, 11) is 0. The number of rotatable bonds is 9. The number of nitrogens with one attached hydrogen (secondary N) is 1. The molecule has 0 aromatic heterocycles. The van der Waals surface area contributed by atoms with E-state index in [0.29, 0.717) is 22.3 Å². The van der Waals surface area contributed by atoms with E-state index in [1.807, 2.05) is 36.4 Å². The molecule has 134 valence electrons. The summed E-state index contributed by atoms with van der Waals surface area (Å²) < 4.78 is 0. The molecular weight excluding hydrogens is 417 g/mol. The van der Waals surface area contributed by atoms with Gasteiger partial charge in [-0.05, 0) is 29.3 Å². The van der Waals surface area contributed by atoms with Crippen LogP contribution in [0.1, 0.15) is 11.1 Å². The molecule has 0 saturated carbocycles. The van der Waals surface area contributed by atoms with E-state index in [0.717, 1.165) is 33.4 Å². The van der Waals surface area contributed by atoms with Crippen LogP contribution in [0.4, 0.5) is 0 Å². The number of halogens is 3. The summed E-state index contributed by atoms with van der Waals surface area (Å²) in [5, 5.41) is 4.99. The first kappa shape index (κ1) is 20.8. The molecule has 0 atom stereocenters. The Labute approximate surface area is 172 Å². The van der Waals surface area contributed by atoms with E-state index in [1.54, 1.807) is 29.6 Å². The van der Waals surface area contributed by atoms with Gasteiger partial charge in [-0.2, -0.15) is 11.8 Å². The standard InChI is InChI=1S/C18H18Cl3NOS2/c19-15-6-5-14(17(21)9-15)10-24-8-7-22-18(23)12-25-11-13-3-1-2-4-16(13)20/h1-6,9H,7-8,10-12H2,(H,22,23). The SMILES string of the molecule is O=C(CSCc1ccccc1Cl)NCCSCc1ccc(Cl)cc1Cl. The fourth-order valence-corrected chi connectivity index (χ4v) is 4.56. The third kappa shape index (κ3) is 7.71. The van der Waals surface area contributed by atoms with Crippen LogP contribution in [-0.2, 0) is 16.3 Å². The van der Waals surface area contributed by atoms with Crippen molar-refractivity contribution in [2.75, 3.05) is 18.1 Å². The highest BCUT2D eigenvalue weighted by Gasteiger charge is 2.05. The predicted octanol–water partition coefficient (Wildman–Crippen LogP) is 5.93. The lowest BCUT2D eigenvalue weighted by molar-refractivity contribution is -0.118. The molecule has 0 radical (unpaired) electrons. The summed E-state index contributed by atoms with van der Waals surface area (Å²) in [6.07, 6.45) is 0. The molecular formula is C18H18Cl3NOS2. The molecule has 0 aliphatic rings. The van der Waals surface area contributed by atoms with Gasteiger partial charge in [-0.3, -0.25) is 4.79 Å². The molecule has 0 spiro atoms. The van der Waals surface area contributed by atoms with E-state index < -0.39 is 0 Å². The Morgan fingerprint density at radius 1 is 0.920 bits per heavy atom. The molecule has 0 saturated heterocycles. The second-order valence-corrected chi connectivity index (χ2v) is 8.56. The summed E-state index contributed by atoms with van der Waals surface area (Å²) in [5.41, 5.74) is 2.11. The Balaban J connectivity index is 1.57. The van der Waals surface area contributed by atoms with Crippen LogP contribution >= 0.6 is 58.3 Å². The van der Waals surface area contributed by atoms with Gasteiger partial charge in [0.2, 0.25) is 5.91 Å². The number of hydrogen-bond donors (Lipinski definition) is 1. The van der Waals surface area contributed by atoms with Crippen molar-refractivity contribution in [1.29, 1.82) is 0 Å². The Kier molecular flexibility index (Phi) is 9.35. The molecule has 0 unspecified atom stereocenters. The third-order valence-corrected chi connectivity index (χ3v) is 6.23. The van der Waals surface area contributed by atoms with Gasteiger partial charge in [-0.15, -0.1) is 11.8 Å². The zero-order valence-electron chi connectivity index (χ0n) is 13.4. The lowest BCUT2D eigenvalue weighted by atomic mass is 10.2. The monoisotopic (exact) mass is 433 g/mol. The minimum atomic E-state index is 0.0437. The van der Waals surface area contributed by atoms with E-state index in [-0.39, 0.29) is 5.91 Å². The number of hydrogen-bond acceptors (Lipinski definition) is 3. The third-order valence-electron chi connectivity index (χ3n) is 3.29. The first-order chi connectivity index (χ1) is 12.1. The van der Waals surface area contributed by atoms with Crippen molar-refractivity contribution in [3.8, 4) is 0 Å². The lowest BCUT2D eigenvalue weighted by Crippen LogP contribution is -2.27. The van der Waals surface area contributed by atoms with Crippen molar-refractivity contribution in [3.63, 3.8) is 0 Å². The molecule has 1 amide bonds. The second-order valence-electron chi connectivity index (χ2n) is 5.22. The van der Waals surface area contributed by atoms with Gasteiger partial charge in [-0.25, -0.2) is 0 Å². The maximum absolute atomic E-state index is 11.8. The number of amides is 1. The number of thioether (sulfide) groups is 2. The largest absolute Gasteiger partial charge is 0.355 e. The molecule has 2 aromatic carbocycles. The van der Waals surface area contributed by atoms with Gasteiger partial charge in [0.25, 0.3) is 0 Å². The van der Waals surface area contributed by atoms with Crippen LogP contribution in [0, 0.1) is 0 Å². The summed E-state index contributed by atoms with van der Waals surface area (Å²) >= 11 is 21.4. The first-order valence-electron chi connectivity index (χ1n) is 7.66. The van der Waals surface area contributed by atoms with Gasteiger partial charge >= 0.3 is 0 Å². The maximum Gasteiger partial charge on any atom is 0.230 e. The van der Waals surface area contributed by atoms with Gasteiger partial charge in [-0.1, -0.05) is 59.1 Å². The Morgan fingerprint density at radius 3 is 2.40 bits per heavy atom. The fourth-order valence-electron chi connectivity index (χ4n) is 2.00. The highest BCUT2D eigenvalue weighted by Crippen LogP contribution is 2.24. The molecule has 0 fully saturated rings. The minimum Gasteiger partial charge on any atom is -0.355 e.